The molecule has 1 aromatic rings. The van der Waals surface area contributed by atoms with Crippen LogP contribution in [0.3, 0.4) is 0 Å². The van der Waals surface area contributed by atoms with Gasteiger partial charge in [0, 0.05) is 6.42 Å². The molecule has 1 aromatic carbocycles. The molecule has 1 heterocycles. The van der Waals surface area contributed by atoms with Crippen molar-refractivity contribution in [1.82, 2.24) is 0 Å². The maximum absolute atomic E-state index is 11.8. The van der Waals surface area contributed by atoms with E-state index in [0.29, 0.717) is 0 Å². The molecule has 2 atom stereocenters. The Morgan fingerprint density at radius 1 is 1.46 bits per heavy atom. The third-order valence-electron chi connectivity index (χ3n) is 3.00. The van der Waals surface area contributed by atoms with Gasteiger partial charge in [0.25, 0.3) is 0 Å². The first-order valence-electron chi connectivity index (χ1n) is 4.53. The van der Waals surface area contributed by atoms with Gasteiger partial charge in [0.2, 0.25) is 0 Å². The minimum atomic E-state index is -0.189. The van der Waals surface area contributed by atoms with Crippen LogP contribution in [0, 0.1) is 5.92 Å². The lowest BCUT2D eigenvalue weighted by molar-refractivity contribution is 0.0854. The fourth-order valence-corrected chi connectivity index (χ4v) is 2.03. The van der Waals surface area contributed by atoms with Gasteiger partial charge in [-0.25, -0.2) is 0 Å². The zero-order valence-electron chi connectivity index (χ0n) is 7.41. The summed E-state index contributed by atoms with van der Waals surface area (Å²) < 4.78 is 5.74. The molecule has 2 nitrogen and oxygen atoms in total. The first-order chi connectivity index (χ1) is 6.21. The van der Waals surface area contributed by atoms with E-state index in [9.17, 15) is 4.79 Å². The van der Waals surface area contributed by atoms with Crippen molar-refractivity contribution in [3.05, 3.63) is 29.8 Å². The monoisotopic (exact) mass is 174 g/mol. The van der Waals surface area contributed by atoms with Crippen molar-refractivity contribution in [2.75, 3.05) is 0 Å². The van der Waals surface area contributed by atoms with Crippen LogP contribution in [-0.4, -0.2) is 11.4 Å². The largest absolute Gasteiger partial charge is 0.486 e. The Morgan fingerprint density at radius 3 is 3.08 bits per heavy atom. The average Bonchev–Trinajstić information content (AvgIpc) is 2.78. The Balaban J connectivity index is 2.17. The van der Waals surface area contributed by atoms with Crippen LogP contribution in [-0.2, 0) is 0 Å². The van der Waals surface area contributed by atoms with Gasteiger partial charge in [0.1, 0.15) is 11.4 Å². The molecule has 0 saturated heterocycles. The Bertz CT molecular complexity index is 397. The van der Waals surface area contributed by atoms with Crippen LogP contribution in [0.25, 0.3) is 0 Å². The highest BCUT2D eigenvalue weighted by Crippen LogP contribution is 2.53. The molecule has 1 aliphatic heterocycles. The third-order valence-corrected chi connectivity index (χ3v) is 3.00. The molecule has 0 aromatic heterocycles. The number of carbonyl (C=O) groups is 1. The highest BCUT2D eigenvalue weighted by atomic mass is 16.5. The predicted octanol–water partition coefficient (Wildman–Crippen LogP) is 2.04. The summed E-state index contributed by atoms with van der Waals surface area (Å²) in [5.41, 5.74) is 0.563. The summed E-state index contributed by atoms with van der Waals surface area (Å²) in [4.78, 5) is 11.8. The van der Waals surface area contributed by atoms with Gasteiger partial charge in [-0.15, -0.1) is 0 Å². The number of ketones is 1. The van der Waals surface area contributed by atoms with E-state index in [-0.39, 0.29) is 17.3 Å². The highest BCUT2D eigenvalue weighted by Gasteiger charge is 2.60. The molecule has 0 spiro atoms. The van der Waals surface area contributed by atoms with Crippen LogP contribution >= 0.6 is 0 Å². The summed E-state index contributed by atoms with van der Waals surface area (Å²) in [6.07, 6.45) is 0.876. The molecule has 1 aliphatic carbocycles. The van der Waals surface area contributed by atoms with Crippen molar-refractivity contribution >= 4 is 5.78 Å². The van der Waals surface area contributed by atoms with E-state index in [0.717, 1.165) is 17.7 Å². The van der Waals surface area contributed by atoms with Crippen molar-refractivity contribution in [2.24, 2.45) is 5.92 Å². The minimum Gasteiger partial charge on any atom is -0.486 e. The third kappa shape index (κ3) is 0.804. The van der Waals surface area contributed by atoms with Crippen LogP contribution in [0.15, 0.2) is 24.3 Å². The number of Topliss-reactive ketones (excluding diaryl/α,β-unsaturated/α-hetero) is 1. The van der Waals surface area contributed by atoms with Crippen molar-refractivity contribution in [3.8, 4) is 5.75 Å². The van der Waals surface area contributed by atoms with Crippen molar-refractivity contribution in [1.29, 1.82) is 0 Å². The number of ether oxygens (including phenoxy) is 1. The van der Waals surface area contributed by atoms with Gasteiger partial charge >= 0.3 is 0 Å². The van der Waals surface area contributed by atoms with E-state index >= 15 is 0 Å². The molecule has 13 heavy (non-hydrogen) atoms. The number of para-hydroxylation sites is 1. The number of carbonyl (C=O) groups excluding carboxylic acids is 1. The second-order valence-corrected chi connectivity index (χ2v) is 4.03. The van der Waals surface area contributed by atoms with Crippen molar-refractivity contribution < 1.29 is 9.53 Å². The SMILES string of the molecule is CC12CC1C(=O)c1ccccc1O2. The first kappa shape index (κ1) is 7.13. The Kier molecular flexibility index (Phi) is 1.07. The van der Waals surface area contributed by atoms with Crippen molar-refractivity contribution in [3.63, 3.8) is 0 Å². The number of rotatable bonds is 0. The van der Waals surface area contributed by atoms with E-state index in [1.54, 1.807) is 0 Å². The van der Waals surface area contributed by atoms with Crippen LogP contribution in [0.5, 0.6) is 5.75 Å². The summed E-state index contributed by atoms with van der Waals surface area (Å²) in [6.45, 7) is 2.01. The molecule has 2 unspecified atom stereocenters. The molecule has 1 fully saturated rings. The van der Waals surface area contributed by atoms with Gasteiger partial charge in [-0.05, 0) is 19.1 Å². The van der Waals surface area contributed by atoms with Gasteiger partial charge < -0.3 is 4.74 Å². The van der Waals surface area contributed by atoms with E-state index in [2.05, 4.69) is 0 Å². The van der Waals surface area contributed by atoms with Gasteiger partial charge in [-0.3, -0.25) is 4.79 Å². The molecule has 2 heteroatoms. The normalized spacial score (nSPS) is 34.5. The van der Waals surface area contributed by atoms with E-state index in [1.807, 2.05) is 31.2 Å². The summed E-state index contributed by atoms with van der Waals surface area (Å²) >= 11 is 0. The molecule has 0 bridgehead atoms. The fraction of sp³-hybridized carbons (Fsp3) is 0.364. The maximum atomic E-state index is 11.8. The number of fused-ring (bicyclic) bond motifs is 2. The Hall–Kier alpha value is -1.31. The Morgan fingerprint density at radius 2 is 2.23 bits per heavy atom. The van der Waals surface area contributed by atoms with Gasteiger partial charge in [-0.1, -0.05) is 12.1 Å². The lowest BCUT2D eigenvalue weighted by Crippen LogP contribution is -2.26. The molecule has 3 rings (SSSR count). The fourth-order valence-electron chi connectivity index (χ4n) is 2.03. The van der Waals surface area contributed by atoms with Gasteiger partial charge in [0.05, 0.1) is 11.5 Å². The molecule has 0 N–H and O–H groups in total. The molecule has 1 saturated carbocycles. The lowest BCUT2D eigenvalue weighted by atomic mass is 10.0. The van der Waals surface area contributed by atoms with Crippen LogP contribution in [0.4, 0.5) is 0 Å². The van der Waals surface area contributed by atoms with Crippen molar-refractivity contribution in [2.45, 2.75) is 18.9 Å². The number of benzene rings is 1. The van der Waals surface area contributed by atoms with E-state index < -0.39 is 0 Å². The number of hydrogen-bond donors (Lipinski definition) is 0. The second-order valence-electron chi connectivity index (χ2n) is 4.03. The Labute approximate surface area is 76.5 Å². The second kappa shape index (κ2) is 1.95. The summed E-state index contributed by atoms with van der Waals surface area (Å²) in [5.74, 6) is 1.12. The first-order valence-corrected chi connectivity index (χ1v) is 4.53. The molecule has 2 aliphatic rings. The zero-order chi connectivity index (χ0) is 9.05. The molecular formula is C11H10O2. The van der Waals surface area contributed by atoms with Crippen LogP contribution in [0.2, 0.25) is 0 Å². The topological polar surface area (TPSA) is 26.3 Å². The summed E-state index contributed by atoms with van der Waals surface area (Å²) in [5, 5.41) is 0. The maximum Gasteiger partial charge on any atom is 0.173 e. The minimum absolute atomic E-state index is 0.113. The standard InChI is InChI=1S/C11H10O2/c1-11-6-8(11)10(12)7-4-2-3-5-9(7)13-11/h2-5,8H,6H2,1H3. The molecule has 0 radical (unpaired) electrons. The van der Waals surface area contributed by atoms with E-state index in [1.165, 1.54) is 0 Å². The molecule has 0 amide bonds. The van der Waals surface area contributed by atoms with Crippen LogP contribution in [0.1, 0.15) is 23.7 Å². The van der Waals surface area contributed by atoms with Crippen LogP contribution < -0.4 is 4.74 Å². The average molecular weight is 174 g/mol. The smallest absolute Gasteiger partial charge is 0.173 e. The summed E-state index contributed by atoms with van der Waals surface area (Å²) in [6, 6.07) is 7.49. The predicted molar refractivity (Wildman–Crippen MR) is 47.9 cm³/mol. The summed E-state index contributed by atoms with van der Waals surface area (Å²) in [7, 11) is 0. The molecular weight excluding hydrogens is 164 g/mol. The number of hydrogen-bond acceptors (Lipinski definition) is 2. The highest BCUT2D eigenvalue weighted by molar-refractivity contribution is 6.04. The lowest BCUT2D eigenvalue weighted by Gasteiger charge is -2.21. The quantitative estimate of drug-likeness (QED) is 0.601. The molecule has 66 valence electrons. The zero-order valence-corrected chi connectivity index (χ0v) is 7.41. The van der Waals surface area contributed by atoms with Gasteiger partial charge in [0.15, 0.2) is 5.78 Å². The van der Waals surface area contributed by atoms with Gasteiger partial charge in [-0.2, -0.15) is 0 Å². The van der Waals surface area contributed by atoms with E-state index in [4.69, 9.17) is 4.74 Å².